The van der Waals surface area contributed by atoms with E-state index < -0.39 is 0 Å². The van der Waals surface area contributed by atoms with Crippen LogP contribution in [0.2, 0.25) is 0 Å². The molecule has 0 radical (unpaired) electrons. The second-order valence-corrected chi connectivity index (χ2v) is 4.92. The maximum atomic E-state index is 11.2. The lowest BCUT2D eigenvalue weighted by Crippen LogP contribution is -2.10. The third-order valence-electron chi connectivity index (χ3n) is 2.61. The molecule has 0 amide bonds. The first-order chi connectivity index (χ1) is 8.70. The Morgan fingerprint density at radius 2 is 2.17 bits per heavy atom. The Morgan fingerprint density at radius 3 is 2.89 bits per heavy atom. The van der Waals surface area contributed by atoms with Crippen LogP contribution in [-0.4, -0.2) is 9.97 Å². The molecule has 1 unspecified atom stereocenters. The Balaban J connectivity index is 2.31. The molecule has 0 aliphatic heterocycles. The number of hydrogen-bond donors (Lipinski definition) is 2. The molecule has 0 bridgehead atoms. The molecule has 1 heterocycles. The number of aromatic nitrogens is 2. The van der Waals surface area contributed by atoms with Gasteiger partial charge in [0.15, 0.2) is 5.16 Å². The van der Waals surface area contributed by atoms with Crippen molar-refractivity contribution in [1.29, 1.82) is 0 Å². The maximum Gasteiger partial charge on any atom is 0.251 e. The summed E-state index contributed by atoms with van der Waals surface area (Å²) in [6.45, 7) is 2.05. The summed E-state index contributed by atoms with van der Waals surface area (Å²) < 4.78 is 0. The number of nitrogens with zero attached hydrogens (tertiary/aromatic N) is 1. The Kier molecular flexibility index (Phi) is 4.17. The van der Waals surface area contributed by atoms with Gasteiger partial charge in [-0.2, -0.15) is 0 Å². The number of H-pyrrole nitrogens is 1. The minimum atomic E-state index is -0.148. The Hall–Kier alpha value is -1.59. The van der Waals surface area contributed by atoms with Gasteiger partial charge in [-0.25, -0.2) is 4.98 Å². The normalized spacial score (nSPS) is 12.3. The number of hydrogen-bond acceptors (Lipinski definition) is 4. The summed E-state index contributed by atoms with van der Waals surface area (Å²) in [5.74, 6) is 0. The molecule has 2 rings (SSSR count). The van der Waals surface area contributed by atoms with E-state index in [4.69, 9.17) is 5.73 Å². The van der Waals surface area contributed by atoms with Gasteiger partial charge in [0.05, 0.1) is 0 Å². The van der Waals surface area contributed by atoms with E-state index in [-0.39, 0.29) is 11.6 Å². The molecular formula is C13H15N3OS. The van der Waals surface area contributed by atoms with Gasteiger partial charge in [-0.05, 0) is 18.1 Å². The first-order valence-electron chi connectivity index (χ1n) is 5.78. The van der Waals surface area contributed by atoms with Crippen LogP contribution in [-0.2, 0) is 0 Å². The zero-order valence-corrected chi connectivity index (χ0v) is 10.9. The SMILES string of the molecule is CCC(N)c1ccccc1Sc1nccc(=O)[nH]1. The Bertz CT molecular complexity index is 582. The minimum absolute atomic E-state index is 0.00383. The summed E-state index contributed by atoms with van der Waals surface area (Å²) in [7, 11) is 0. The van der Waals surface area contributed by atoms with E-state index in [2.05, 4.69) is 16.9 Å². The van der Waals surface area contributed by atoms with Crippen LogP contribution in [0.1, 0.15) is 24.9 Å². The smallest absolute Gasteiger partial charge is 0.251 e. The van der Waals surface area contributed by atoms with Gasteiger partial charge >= 0.3 is 0 Å². The molecule has 0 saturated heterocycles. The predicted octanol–water partition coefficient (Wildman–Crippen LogP) is 2.33. The van der Waals surface area contributed by atoms with E-state index in [1.165, 1.54) is 24.0 Å². The molecule has 1 aromatic heterocycles. The van der Waals surface area contributed by atoms with Gasteiger partial charge in [-0.1, -0.05) is 36.9 Å². The molecule has 1 aromatic carbocycles. The molecule has 0 aliphatic rings. The van der Waals surface area contributed by atoms with E-state index >= 15 is 0 Å². The first-order valence-corrected chi connectivity index (χ1v) is 6.60. The summed E-state index contributed by atoms with van der Waals surface area (Å²) in [6.07, 6.45) is 2.37. The molecule has 4 nitrogen and oxygen atoms in total. The van der Waals surface area contributed by atoms with Crippen molar-refractivity contribution in [1.82, 2.24) is 9.97 Å². The molecule has 2 aromatic rings. The highest BCUT2D eigenvalue weighted by Crippen LogP contribution is 2.30. The molecule has 5 heteroatoms. The summed E-state index contributed by atoms with van der Waals surface area (Å²) in [4.78, 5) is 19.1. The van der Waals surface area contributed by atoms with Crippen molar-refractivity contribution < 1.29 is 0 Å². The molecule has 94 valence electrons. The van der Waals surface area contributed by atoms with Gasteiger partial charge in [0.1, 0.15) is 0 Å². The molecule has 1 atom stereocenters. The van der Waals surface area contributed by atoms with Crippen LogP contribution in [0.15, 0.2) is 51.4 Å². The van der Waals surface area contributed by atoms with Crippen molar-refractivity contribution >= 4 is 11.8 Å². The largest absolute Gasteiger partial charge is 0.324 e. The zero-order valence-electron chi connectivity index (χ0n) is 10.1. The fourth-order valence-corrected chi connectivity index (χ4v) is 2.57. The average Bonchev–Trinajstić information content (AvgIpc) is 2.38. The van der Waals surface area contributed by atoms with Gasteiger partial charge in [-0.15, -0.1) is 0 Å². The Morgan fingerprint density at radius 1 is 1.39 bits per heavy atom. The third-order valence-corrected chi connectivity index (χ3v) is 3.61. The highest BCUT2D eigenvalue weighted by Gasteiger charge is 2.10. The molecule has 3 N–H and O–H groups in total. The van der Waals surface area contributed by atoms with Gasteiger partial charge in [0.25, 0.3) is 5.56 Å². The lowest BCUT2D eigenvalue weighted by molar-refractivity contribution is 0.685. The lowest BCUT2D eigenvalue weighted by atomic mass is 10.1. The zero-order chi connectivity index (χ0) is 13.0. The van der Waals surface area contributed by atoms with Crippen molar-refractivity contribution in [2.24, 2.45) is 5.73 Å². The predicted molar refractivity (Wildman–Crippen MR) is 72.6 cm³/mol. The van der Waals surface area contributed by atoms with Gasteiger partial charge in [0.2, 0.25) is 0 Å². The van der Waals surface area contributed by atoms with Crippen molar-refractivity contribution in [3.8, 4) is 0 Å². The van der Waals surface area contributed by atoms with Crippen molar-refractivity contribution in [2.75, 3.05) is 0 Å². The van der Waals surface area contributed by atoms with Crippen molar-refractivity contribution in [2.45, 2.75) is 29.4 Å². The molecule has 0 spiro atoms. The maximum absolute atomic E-state index is 11.2. The second kappa shape index (κ2) is 5.84. The summed E-state index contributed by atoms with van der Waals surface area (Å²) in [5.41, 5.74) is 7.00. The summed E-state index contributed by atoms with van der Waals surface area (Å²) >= 11 is 1.43. The van der Waals surface area contributed by atoms with E-state index in [0.717, 1.165) is 16.9 Å². The van der Waals surface area contributed by atoms with Crippen molar-refractivity contribution in [3.63, 3.8) is 0 Å². The van der Waals surface area contributed by atoms with Crippen LogP contribution in [0.4, 0.5) is 0 Å². The fraction of sp³-hybridized carbons (Fsp3) is 0.231. The second-order valence-electron chi connectivity index (χ2n) is 3.89. The lowest BCUT2D eigenvalue weighted by Gasteiger charge is -2.13. The van der Waals surface area contributed by atoms with E-state index in [1.54, 1.807) is 0 Å². The van der Waals surface area contributed by atoms with E-state index in [1.807, 2.05) is 24.3 Å². The standard InChI is InChI=1S/C13H15N3OS/c1-2-10(14)9-5-3-4-6-11(9)18-13-15-8-7-12(17)16-13/h3-8,10H,2,14H2,1H3,(H,15,16,17). The highest BCUT2D eigenvalue weighted by atomic mass is 32.2. The van der Waals surface area contributed by atoms with Crippen LogP contribution in [0.5, 0.6) is 0 Å². The minimum Gasteiger partial charge on any atom is -0.324 e. The van der Waals surface area contributed by atoms with Gasteiger partial charge < -0.3 is 10.7 Å². The topological polar surface area (TPSA) is 71.8 Å². The quantitative estimate of drug-likeness (QED) is 0.829. The molecule has 0 aliphatic carbocycles. The van der Waals surface area contributed by atoms with Crippen LogP contribution >= 0.6 is 11.8 Å². The number of nitrogens with two attached hydrogens (primary N) is 1. The third kappa shape index (κ3) is 3.00. The van der Waals surface area contributed by atoms with Crippen LogP contribution < -0.4 is 11.3 Å². The Labute approximate surface area is 110 Å². The average molecular weight is 261 g/mol. The number of nitrogens with one attached hydrogen (secondary N) is 1. The van der Waals surface area contributed by atoms with Crippen LogP contribution in [0.25, 0.3) is 0 Å². The summed E-state index contributed by atoms with van der Waals surface area (Å²) in [5, 5.41) is 0.582. The van der Waals surface area contributed by atoms with E-state index in [9.17, 15) is 4.79 Å². The van der Waals surface area contributed by atoms with E-state index in [0.29, 0.717) is 5.16 Å². The molecule has 0 fully saturated rings. The monoisotopic (exact) mass is 261 g/mol. The van der Waals surface area contributed by atoms with Crippen molar-refractivity contribution in [3.05, 3.63) is 52.4 Å². The fourth-order valence-electron chi connectivity index (χ4n) is 1.61. The first kappa shape index (κ1) is 12.9. The molecular weight excluding hydrogens is 246 g/mol. The van der Waals surface area contributed by atoms with Gasteiger partial charge in [0, 0.05) is 23.2 Å². The number of rotatable bonds is 4. The highest BCUT2D eigenvalue weighted by molar-refractivity contribution is 7.99. The molecule has 18 heavy (non-hydrogen) atoms. The van der Waals surface area contributed by atoms with Crippen LogP contribution in [0, 0.1) is 0 Å². The number of benzene rings is 1. The van der Waals surface area contributed by atoms with Crippen LogP contribution in [0.3, 0.4) is 0 Å². The molecule has 0 saturated carbocycles. The van der Waals surface area contributed by atoms with Gasteiger partial charge in [-0.3, -0.25) is 4.79 Å². The summed E-state index contributed by atoms with van der Waals surface area (Å²) in [6, 6.07) is 9.32. The number of aromatic amines is 1.